The van der Waals surface area contributed by atoms with Crippen molar-refractivity contribution in [1.29, 1.82) is 0 Å². The van der Waals surface area contributed by atoms with E-state index in [1.54, 1.807) is 0 Å². The Morgan fingerprint density at radius 1 is 1.15 bits per heavy atom. The molecule has 1 amide bonds. The van der Waals surface area contributed by atoms with Gasteiger partial charge < -0.3 is 5.32 Å². The van der Waals surface area contributed by atoms with E-state index in [1.165, 1.54) is 37.7 Å². The van der Waals surface area contributed by atoms with Gasteiger partial charge in [0.1, 0.15) is 0 Å². The quantitative estimate of drug-likeness (QED) is 0.786. The first-order chi connectivity index (χ1) is 9.72. The number of nitrogens with one attached hydrogen (secondary N) is 1. The zero-order valence-corrected chi connectivity index (χ0v) is 13.8. The fourth-order valence-electron chi connectivity index (χ4n) is 2.93. The lowest BCUT2D eigenvalue weighted by Gasteiger charge is -2.27. The minimum Gasteiger partial charge on any atom is -0.352 e. The number of rotatable bonds is 5. The van der Waals surface area contributed by atoms with Gasteiger partial charge >= 0.3 is 0 Å². The summed E-state index contributed by atoms with van der Waals surface area (Å²) in [6, 6.07) is 7.80. The summed E-state index contributed by atoms with van der Waals surface area (Å²) in [6.45, 7) is 3.11. The molecule has 1 aliphatic carbocycles. The van der Waals surface area contributed by atoms with E-state index >= 15 is 0 Å². The average Bonchev–Trinajstić information content (AvgIpc) is 2.53. The molecule has 110 valence electrons. The van der Waals surface area contributed by atoms with Gasteiger partial charge in [0.2, 0.25) is 0 Å². The van der Waals surface area contributed by atoms with Crippen LogP contribution in [0.3, 0.4) is 0 Å². The molecular formula is C17H24BrNO. The monoisotopic (exact) mass is 337 g/mol. The normalized spacial score (nSPS) is 22.5. The minimum atomic E-state index is 0.0590. The van der Waals surface area contributed by atoms with Gasteiger partial charge in [0.15, 0.2) is 0 Å². The van der Waals surface area contributed by atoms with Gasteiger partial charge in [-0.25, -0.2) is 0 Å². The number of amides is 1. The summed E-state index contributed by atoms with van der Waals surface area (Å²) in [4.78, 5) is 12.1. The van der Waals surface area contributed by atoms with E-state index < -0.39 is 0 Å². The number of hydrogen-bond acceptors (Lipinski definition) is 1. The molecule has 1 aliphatic rings. The topological polar surface area (TPSA) is 29.1 Å². The number of hydrogen-bond donors (Lipinski definition) is 1. The first-order valence-electron chi connectivity index (χ1n) is 7.66. The summed E-state index contributed by atoms with van der Waals surface area (Å²) in [5, 5.41) is 3.92. The van der Waals surface area contributed by atoms with Gasteiger partial charge in [-0.2, -0.15) is 0 Å². The van der Waals surface area contributed by atoms with Crippen LogP contribution in [0, 0.1) is 11.8 Å². The molecule has 0 spiro atoms. The predicted molar refractivity (Wildman–Crippen MR) is 87.1 cm³/mol. The molecular weight excluding hydrogens is 314 g/mol. The van der Waals surface area contributed by atoms with Gasteiger partial charge in [0.25, 0.3) is 5.91 Å². The van der Waals surface area contributed by atoms with Crippen molar-refractivity contribution in [3.63, 3.8) is 0 Å². The molecule has 1 N–H and O–H groups in total. The third-order valence-electron chi connectivity index (χ3n) is 4.47. The van der Waals surface area contributed by atoms with E-state index in [-0.39, 0.29) is 5.91 Å². The van der Waals surface area contributed by atoms with Gasteiger partial charge in [-0.15, -0.1) is 0 Å². The molecule has 0 aliphatic heterocycles. The van der Waals surface area contributed by atoms with Crippen LogP contribution in [0.1, 0.15) is 54.9 Å². The Kier molecular flexibility index (Phi) is 6.08. The van der Waals surface area contributed by atoms with Crippen molar-refractivity contribution in [2.75, 3.05) is 6.54 Å². The Morgan fingerprint density at radius 3 is 2.30 bits per heavy atom. The standard InChI is InChI=1S/C17H24BrNO/c1-2-13-3-5-15(6-4-13)12-19-17(20)16-9-7-14(11-18)8-10-16/h7-10,13,15H,2-6,11-12H2,1H3,(H,19,20). The maximum Gasteiger partial charge on any atom is 0.251 e. The Labute approximate surface area is 130 Å². The largest absolute Gasteiger partial charge is 0.352 e. The van der Waals surface area contributed by atoms with Gasteiger partial charge in [-0.05, 0) is 42.4 Å². The Hall–Kier alpha value is -0.830. The minimum absolute atomic E-state index is 0.0590. The van der Waals surface area contributed by atoms with Crippen LogP contribution in [0.5, 0.6) is 0 Å². The highest BCUT2D eigenvalue weighted by Gasteiger charge is 2.20. The summed E-state index contributed by atoms with van der Waals surface area (Å²) in [7, 11) is 0. The van der Waals surface area contributed by atoms with Crippen molar-refractivity contribution in [1.82, 2.24) is 5.32 Å². The summed E-state index contributed by atoms with van der Waals surface area (Å²) < 4.78 is 0. The molecule has 1 saturated carbocycles. The second-order valence-corrected chi connectivity index (χ2v) is 6.40. The second kappa shape index (κ2) is 7.82. The van der Waals surface area contributed by atoms with Crippen LogP contribution in [-0.2, 0) is 5.33 Å². The van der Waals surface area contributed by atoms with Crippen LogP contribution < -0.4 is 5.32 Å². The Bertz CT molecular complexity index is 421. The van der Waals surface area contributed by atoms with Gasteiger partial charge in [0, 0.05) is 17.4 Å². The third-order valence-corrected chi connectivity index (χ3v) is 5.11. The zero-order chi connectivity index (χ0) is 14.4. The van der Waals surface area contributed by atoms with Crippen LogP contribution in [0.4, 0.5) is 0 Å². The summed E-state index contributed by atoms with van der Waals surface area (Å²) >= 11 is 3.41. The number of halogens is 1. The maximum atomic E-state index is 12.1. The van der Waals surface area contributed by atoms with E-state index in [9.17, 15) is 4.79 Å². The number of carbonyl (C=O) groups is 1. The second-order valence-electron chi connectivity index (χ2n) is 5.84. The molecule has 2 nitrogen and oxygen atoms in total. The average molecular weight is 338 g/mol. The summed E-state index contributed by atoms with van der Waals surface area (Å²) in [6.07, 6.45) is 6.50. The Morgan fingerprint density at radius 2 is 1.75 bits per heavy atom. The van der Waals surface area contributed by atoms with Crippen molar-refractivity contribution < 1.29 is 4.79 Å². The molecule has 1 aromatic rings. The molecule has 0 atom stereocenters. The zero-order valence-electron chi connectivity index (χ0n) is 12.2. The van der Waals surface area contributed by atoms with Crippen LogP contribution in [0.15, 0.2) is 24.3 Å². The van der Waals surface area contributed by atoms with Crippen molar-refractivity contribution in [2.45, 2.75) is 44.4 Å². The summed E-state index contributed by atoms with van der Waals surface area (Å²) in [5.74, 6) is 1.64. The molecule has 0 aromatic heterocycles. The molecule has 20 heavy (non-hydrogen) atoms. The Balaban J connectivity index is 1.77. The molecule has 0 radical (unpaired) electrons. The molecule has 0 saturated heterocycles. The molecule has 0 unspecified atom stereocenters. The third kappa shape index (κ3) is 4.34. The van der Waals surface area contributed by atoms with E-state index in [0.29, 0.717) is 5.92 Å². The highest BCUT2D eigenvalue weighted by Crippen LogP contribution is 2.30. The molecule has 0 bridgehead atoms. The van der Waals surface area contributed by atoms with Gasteiger partial charge in [-0.3, -0.25) is 4.79 Å². The van der Waals surface area contributed by atoms with Crippen LogP contribution in [0.2, 0.25) is 0 Å². The van der Waals surface area contributed by atoms with Crippen molar-refractivity contribution in [3.8, 4) is 0 Å². The molecule has 0 heterocycles. The van der Waals surface area contributed by atoms with E-state index in [2.05, 4.69) is 28.2 Å². The van der Waals surface area contributed by atoms with Gasteiger partial charge in [0.05, 0.1) is 0 Å². The van der Waals surface area contributed by atoms with Crippen LogP contribution >= 0.6 is 15.9 Å². The lowest BCUT2D eigenvalue weighted by molar-refractivity contribution is 0.0941. The fourth-order valence-corrected chi connectivity index (χ4v) is 3.30. The van der Waals surface area contributed by atoms with Crippen LogP contribution in [-0.4, -0.2) is 12.5 Å². The van der Waals surface area contributed by atoms with E-state index in [1.807, 2.05) is 24.3 Å². The highest BCUT2D eigenvalue weighted by molar-refractivity contribution is 9.08. The number of benzene rings is 1. The number of alkyl halides is 1. The summed E-state index contributed by atoms with van der Waals surface area (Å²) in [5.41, 5.74) is 1.95. The lowest BCUT2D eigenvalue weighted by Crippen LogP contribution is -2.31. The maximum absolute atomic E-state index is 12.1. The molecule has 3 heteroatoms. The van der Waals surface area contributed by atoms with E-state index in [0.717, 1.165) is 23.4 Å². The van der Waals surface area contributed by atoms with E-state index in [4.69, 9.17) is 0 Å². The molecule has 2 rings (SSSR count). The molecule has 1 aromatic carbocycles. The van der Waals surface area contributed by atoms with Crippen LogP contribution in [0.25, 0.3) is 0 Å². The van der Waals surface area contributed by atoms with Crippen molar-refractivity contribution in [3.05, 3.63) is 35.4 Å². The van der Waals surface area contributed by atoms with Crippen molar-refractivity contribution in [2.24, 2.45) is 11.8 Å². The smallest absolute Gasteiger partial charge is 0.251 e. The lowest BCUT2D eigenvalue weighted by atomic mass is 9.81. The molecule has 1 fully saturated rings. The van der Waals surface area contributed by atoms with Crippen molar-refractivity contribution >= 4 is 21.8 Å². The first kappa shape index (κ1) is 15.6. The van der Waals surface area contributed by atoms with Gasteiger partial charge in [-0.1, -0.05) is 54.2 Å². The first-order valence-corrected chi connectivity index (χ1v) is 8.78. The highest BCUT2D eigenvalue weighted by atomic mass is 79.9. The fraction of sp³-hybridized carbons (Fsp3) is 0.588. The SMILES string of the molecule is CCC1CCC(CNC(=O)c2ccc(CBr)cc2)CC1. The number of carbonyl (C=O) groups excluding carboxylic acids is 1. The predicted octanol–water partition coefficient (Wildman–Crippen LogP) is 4.53.